The molecule has 0 amide bonds. The largest absolute Gasteiger partial charge is 0.367 e. The fourth-order valence-corrected chi connectivity index (χ4v) is 2.08. The minimum Gasteiger partial charge on any atom is -0.367 e. The van der Waals surface area contributed by atoms with Crippen LogP contribution in [-0.4, -0.2) is 22.6 Å². The van der Waals surface area contributed by atoms with Gasteiger partial charge in [0.2, 0.25) is 0 Å². The summed E-state index contributed by atoms with van der Waals surface area (Å²) < 4.78 is 0.563. The van der Waals surface area contributed by atoms with E-state index in [0.29, 0.717) is 15.9 Å². The molecule has 0 aliphatic rings. The third kappa shape index (κ3) is 5.03. The summed E-state index contributed by atoms with van der Waals surface area (Å²) in [5.74, 6) is 0.596. The summed E-state index contributed by atoms with van der Waals surface area (Å²) >= 11 is 1.97. The van der Waals surface area contributed by atoms with Gasteiger partial charge in [0, 0.05) is 12.6 Å². The number of aromatic nitrogens is 2. The van der Waals surface area contributed by atoms with Crippen LogP contribution < -0.4 is 16.6 Å². The van der Waals surface area contributed by atoms with Crippen molar-refractivity contribution in [1.29, 1.82) is 0 Å². The van der Waals surface area contributed by atoms with Crippen molar-refractivity contribution in [2.24, 2.45) is 11.1 Å². The highest BCUT2D eigenvalue weighted by atomic mass is 127. The molecule has 5 nitrogen and oxygen atoms in total. The van der Waals surface area contributed by atoms with Crippen LogP contribution in [-0.2, 0) is 0 Å². The molecule has 0 spiro atoms. The molecule has 6 heteroatoms. The van der Waals surface area contributed by atoms with Gasteiger partial charge in [-0.25, -0.2) is 4.98 Å². The van der Waals surface area contributed by atoms with E-state index in [1.807, 2.05) is 22.6 Å². The number of H-pyrrole nitrogens is 1. The third-order valence-corrected chi connectivity index (χ3v) is 3.20. The highest BCUT2D eigenvalue weighted by Crippen LogP contribution is 2.20. The molecule has 0 aliphatic heterocycles. The van der Waals surface area contributed by atoms with Crippen LogP contribution in [0.4, 0.5) is 5.82 Å². The van der Waals surface area contributed by atoms with E-state index >= 15 is 0 Å². The maximum Gasteiger partial charge on any atom is 0.266 e. The fourth-order valence-electron chi connectivity index (χ4n) is 1.59. The Morgan fingerprint density at radius 3 is 2.82 bits per heavy atom. The second-order valence-electron chi connectivity index (χ2n) is 5.30. The van der Waals surface area contributed by atoms with Gasteiger partial charge in [-0.2, -0.15) is 0 Å². The Bertz CT molecular complexity index is 424. The molecule has 96 valence electrons. The van der Waals surface area contributed by atoms with E-state index in [9.17, 15) is 4.79 Å². The van der Waals surface area contributed by atoms with Gasteiger partial charge in [-0.05, 0) is 34.4 Å². The number of halogens is 1. The molecule has 0 radical (unpaired) electrons. The van der Waals surface area contributed by atoms with Crippen LogP contribution in [0, 0.1) is 8.99 Å². The smallest absolute Gasteiger partial charge is 0.266 e. The average Bonchev–Trinajstić information content (AvgIpc) is 2.18. The number of anilines is 1. The van der Waals surface area contributed by atoms with Crippen LogP contribution in [0.3, 0.4) is 0 Å². The molecule has 1 unspecified atom stereocenters. The molecular formula is C11H19IN4O. The maximum absolute atomic E-state index is 11.3. The lowest BCUT2D eigenvalue weighted by Gasteiger charge is -2.23. The molecule has 1 aromatic heterocycles. The molecule has 0 aromatic carbocycles. The molecule has 0 fully saturated rings. The van der Waals surface area contributed by atoms with E-state index in [0.717, 1.165) is 6.42 Å². The molecule has 1 heterocycles. The van der Waals surface area contributed by atoms with Gasteiger partial charge in [0.1, 0.15) is 9.39 Å². The average molecular weight is 350 g/mol. The number of hydrogen-bond acceptors (Lipinski definition) is 4. The van der Waals surface area contributed by atoms with Crippen LogP contribution in [0.15, 0.2) is 11.1 Å². The first kappa shape index (κ1) is 14.4. The Labute approximate surface area is 115 Å². The Balaban J connectivity index is 2.56. The Kier molecular flexibility index (Phi) is 4.93. The number of aromatic amines is 1. The molecule has 0 aliphatic carbocycles. The first-order chi connectivity index (χ1) is 7.79. The highest BCUT2D eigenvalue weighted by molar-refractivity contribution is 14.1. The molecule has 0 saturated heterocycles. The molecular weight excluding hydrogens is 331 g/mol. The van der Waals surface area contributed by atoms with E-state index in [4.69, 9.17) is 5.73 Å². The second-order valence-corrected chi connectivity index (χ2v) is 6.38. The topological polar surface area (TPSA) is 83.8 Å². The van der Waals surface area contributed by atoms with Crippen LogP contribution >= 0.6 is 22.6 Å². The fraction of sp³-hybridized carbons (Fsp3) is 0.636. The van der Waals surface area contributed by atoms with Crippen molar-refractivity contribution >= 4 is 28.4 Å². The van der Waals surface area contributed by atoms with Crippen LogP contribution in [0.1, 0.15) is 27.2 Å². The maximum atomic E-state index is 11.3. The molecule has 0 bridgehead atoms. The zero-order chi connectivity index (χ0) is 13.1. The van der Waals surface area contributed by atoms with E-state index in [-0.39, 0.29) is 17.0 Å². The summed E-state index contributed by atoms with van der Waals surface area (Å²) in [6, 6.07) is 0.0480. The van der Waals surface area contributed by atoms with Gasteiger partial charge in [-0.3, -0.25) is 4.79 Å². The summed E-state index contributed by atoms with van der Waals surface area (Å²) in [6.07, 6.45) is 2.31. The van der Waals surface area contributed by atoms with Crippen molar-refractivity contribution < 1.29 is 0 Å². The predicted octanol–water partition coefficient (Wildman–Crippen LogP) is 1.55. The normalized spacial score (nSPS) is 13.5. The third-order valence-electron chi connectivity index (χ3n) is 2.20. The predicted molar refractivity (Wildman–Crippen MR) is 78.1 cm³/mol. The highest BCUT2D eigenvalue weighted by Gasteiger charge is 2.16. The first-order valence-electron chi connectivity index (χ1n) is 5.52. The van der Waals surface area contributed by atoms with E-state index < -0.39 is 0 Å². The lowest BCUT2D eigenvalue weighted by Crippen LogP contribution is -2.33. The lowest BCUT2D eigenvalue weighted by atomic mass is 9.88. The van der Waals surface area contributed by atoms with Gasteiger partial charge in [0.15, 0.2) is 0 Å². The van der Waals surface area contributed by atoms with Gasteiger partial charge in [-0.1, -0.05) is 20.8 Å². The first-order valence-corrected chi connectivity index (χ1v) is 6.60. The molecule has 1 aromatic rings. The monoisotopic (exact) mass is 350 g/mol. The van der Waals surface area contributed by atoms with Crippen molar-refractivity contribution in [2.75, 3.05) is 11.9 Å². The number of nitrogens with zero attached hydrogens (tertiary/aromatic N) is 1. The molecule has 4 N–H and O–H groups in total. The molecule has 17 heavy (non-hydrogen) atoms. The van der Waals surface area contributed by atoms with Crippen molar-refractivity contribution in [3.63, 3.8) is 0 Å². The van der Waals surface area contributed by atoms with Crippen molar-refractivity contribution in [3.8, 4) is 0 Å². The minimum atomic E-state index is -0.132. The van der Waals surface area contributed by atoms with E-state index in [2.05, 4.69) is 36.1 Å². The number of nitrogens with one attached hydrogen (secondary N) is 2. The van der Waals surface area contributed by atoms with E-state index in [1.54, 1.807) is 0 Å². The van der Waals surface area contributed by atoms with Crippen molar-refractivity contribution in [3.05, 3.63) is 20.3 Å². The number of nitrogens with two attached hydrogens (primary N) is 1. The summed E-state index contributed by atoms with van der Waals surface area (Å²) in [6.45, 7) is 7.08. The van der Waals surface area contributed by atoms with Crippen molar-refractivity contribution in [2.45, 2.75) is 33.2 Å². The number of hydrogen-bond donors (Lipinski definition) is 3. The van der Waals surface area contributed by atoms with Crippen LogP contribution in [0.25, 0.3) is 0 Å². The summed E-state index contributed by atoms with van der Waals surface area (Å²) in [5, 5.41) is 3.11. The van der Waals surface area contributed by atoms with Crippen LogP contribution in [0.5, 0.6) is 0 Å². The SMILES string of the molecule is CC(C)(C)CC(N)CNc1nc[nH]c(=O)c1I. The molecule has 1 rings (SSSR count). The zero-order valence-electron chi connectivity index (χ0n) is 10.4. The quantitative estimate of drug-likeness (QED) is 0.720. The standard InChI is InChI=1S/C11H19IN4O/c1-11(2,3)4-7(13)5-14-9-8(12)10(17)16-6-15-9/h6-7H,4-5,13H2,1-3H3,(H2,14,15,16,17). The number of rotatable bonds is 4. The van der Waals surface area contributed by atoms with Gasteiger partial charge in [-0.15, -0.1) is 0 Å². The Hall–Kier alpha value is -0.630. The molecule has 0 saturated carbocycles. The van der Waals surface area contributed by atoms with E-state index in [1.165, 1.54) is 6.33 Å². The summed E-state index contributed by atoms with van der Waals surface area (Å²) in [7, 11) is 0. The van der Waals surface area contributed by atoms with Gasteiger partial charge in [0.05, 0.1) is 6.33 Å². The Morgan fingerprint density at radius 1 is 1.59 bits per heavy atom. The van der Waals surface area contributed by atoms with Crippen molar-refractivity contribution in [1.82, 2.24) is 9.97 Å². The van der Waals surface area contributed by atoms with Gasteiger partial charge in [0.25, 0.3) is 5.56 Å². The summed E-state index contributed by atoms with van der Waals surface area (Å²) in [4.78, 5) is 17.9. The summed E-state index contributed by atoms with van der Waals surface area (Å²) in [5.41, 5.74) is 6.09. The lowest BCUT2D eigenvalue weighted by molar-refractivity contribution is 0.344. The second kappa shape index (κ2) is 5.81. The minimum absolute atomic E-state index is 0.0480. The van der Waals surface area contributed by atoms with Gasteiger partial charge < -0.3 is 16.0 Å². The zero-order valence-corrected chi connectivity index (χ0v) is 12.5. The van der Waals surface area contributed by atoms with Gasteiger partial charge >= 0.3 is 0 Å². The Morgan fingerprint density at radius 2 is 2.24 bits per heavy atom. The van der Waals surface area contributed by atoms with Crippen LogP contribution in [0.2, 0.25) is 0 Å². The molecule has 1 atom stereocenters.